The molecule has 60 valence electrons. The Bertz CT molecular complexity index is 240. The number of hydrogen-bond acceptors (Lipinski definition) is 4. The minimum Gasteiger partial charge on any atom is -0.375 e. The van der Waals surface area contributed by atoms with E-state index in [1.54, 1.807) is 11.3 Å². The highest BCUT2D eigenvalue weighted by Gasteiger charge is 2.13. The predicted octanol–water partition coefficient (Wildman–Crippen LogP) is 1.33. The second kappa shape index (κ2) is 2.70. The van der Waals surface area contributed by atoms with Gasteiger partial charge in [-0.25, -0.2) is 4.98 Å². The Balaban J connectivity index is 2.15. The zero-order valence-corrected chi connectivity index (χ0v) is 7.10. The molecular formula is C7H11N3S. The van der Waals surface area contributed by atoms with Gasteiger partial charge in [0.25, 0.3) is 0 Å². The molecule has 1 aliphatic rings. The Labute approximate surface area is 69.8 Å². The first-order chi connectivity index (χ1) is 5.36. The number of thiazole rings is 1. The summed E-state index contributed by atoms with van der Waals surface area (Å²) in [5.41, 5.74) is 5.53. The molecule has 1 aromatic rings. The lowest BCUT2D eigenvalue weighted by Crippen LogP contribution is -2.15. The largest absolute Gasteiger partial charge is 0.375 e. The Morgan fingerprint density at radius 2 is 2.18 bits per heavy atom. The van der Waals surface area contributed by atoms with Crippen LogP contribution in [-0.4, -0.2) is 18.1 Å². The second-order valence-corrected chi connectivity index (χ2v) is 3.77. The molecule has 1 aromatic heterocycles. The van der Waals surface area contributed by atoms with Crippen LogP contribution in [-0.2, 0) is 0 Å². The molecule has 0 bridgehead atoms. The maximum absolute atomic E-state index is 5.53. The topological polar surface area (TPSA) is 42.1 Å². The van der Waals surface area contributed by atoms with Crippen LogP contribution in [0.25, 0.3) is 0 Å². The van der Waals surface area contributed by atoms with Crippen molar-refractivity contribution in [3.05, 3.63) is 6.20 Å². The van der Waals surface area contributed by atoms with Crippen molar-refractivity contribution >= 4 is 21.5 Å². The summed E-state index contributed by atoms with van der Waals surface area (Å²) in [5, 5.41) is 1.90. The van der Waals surface area contributed by atoms with Gasteiger partial charge in [-0.05, 0) is 12.8 Å². The highest BCUT2D eigenvalue weighted by Crippen LogP contribution is 2.27. The molecule has 0 aromatic carbocycles. The van der Waals surface area contributed by atoms with Gasteiger partial charge in [-0.3, -0.25) is 0 Å². The number of nitrogen functional groups attached to an aromatic ring is 1. The molecule has 3 nitrogen and oxygen atoms in total. The third kappa shape index (κ3) is 1.30. The Morgan fingerprint density at radius 3 is 2.73 bits per heavy atom. The first-order valence-corrected chi connectivity index (χ1v) is 4.64. The number of anilines is 2. The minimum absolute atomic E-state index is 0.673. The van der Waals surface area contributed by atoms with E-state index in [0.29, 0.717) is 5.13 Å². The van der Waals surface area contributed by atoms with E-state index in [9.17, 15) is 0 Å². The standard InChI is InChI=1S/C7H11N3S/c8-7-9-5-6(11-7)10-3-1-2-4-10/h5H,1-4H2,(H2,8,9). The normalized spacial score (nSPS) is 17.6. The van der Waals surface area contributed by atoms with Gasteiger partial charge < -0.3 is 10.6 Å². The Kier molecular flexibility index (Phi) is 1.69. The highest BCUT2D eigenvalue weighted by molar-refractivity contribution is 7.19. The fourth-order valence-electron chi connectivity index (χ4n) is 1.36. The van der Waals surface area contributed by atoms with Gasteiger partial charge in [0.15, 0.2) is 5.13 Å². The van der Waals surface area contributed by atoms with E-state index in [1.807, 2.05) is 6.20 Å². The van der Waals surface area contributed by atoms with E-state index in [0.717, 1.165) is 0 Å². The van der Waals surface area contributed by atoms with Crippen LogP contribution >= 0.6 is 11.3 Å². The Morgan fingerprint density at radius 1 is 1.45 bits per heavy atom. The molecule has 0 saturated carbocycles. The van der Waals surface area contributed by atoms with E-state index in [1.165, 1.54) is 30.9 Å². The zero-order chi connectivity index (χ0) is 7.68. The van der Waals surface area contributed by atoms with Gasteiger partial charge in [-0.1, -0.05) is 11.3 Å². The van der Waals surface area contributed by atoms with Crippen LogP contribution in [0.2, 0.25) is 0 Å². The highest BCUT2D eigenvalue weighted by atomic mass is 32.1. The molecule has 11 heavy (non-hydrogen) atoms. The molecule has 0 radical (unpaired) electrons. The lowest BCUT2D eigenvalue weighted by atomic mass is 10.4. The van der Waals surface area contributed by atoms with Crippen molar-refractivity contribution in [1.82, 2.24) is 4.98 Å². The summed E-state index contributed by atoms with van der Waals surface area (Å²) >= 11 is 1.58. The molecule has 0 atom stereocenters. The molecule has 0 amide bonds. The quantitative estimate of drug-likeness (QED) is 0.689. The van der Waals surface area contributed by atoms with Crippen molar-refractivity contribution in [3.63, 3.8) is 0 Å². The number of nitrogens with two attached hydrogens (primary N) is 1. The van der Waals surface area contributed by atoms with Gasteiger partial charge in [0.1, 0.15) is 5.00 Å². The monoisotopic (exact) mass is 169 g/mol. The lowest BCUT2D eigenvalue weighted by molar-refractivity contribution is 0.949. The van der Waals surface area contributed by atoms with Gasteiger partial charge >= 0.3 is 0 Å². The van der Waals surface area contributed by atoms with Crippen LogP contribution in [0.15, 0.2) is 6.20 Å². The van der Waals surface area contributed by atoms with Crippen LogP contribution in [0.1, 0.15) is 12.8 Å². The summed E-state index contributed by atoms with van der Waals surface area (Å²) in [5.74, 6) is 0. The summed E-state index contributed by atoms with van der Waals surface area (Å²) in [4.78, 5) is 6.36. The second-order valence-electron chi connectivity index (χ2n) is 2.73. The van der Waals surface area contributed by atoms with Crippen LogP contribution in [0, 0.1) is 0 Å². The molecule has 2 N–H and O–H groups in total. The molecule has 2 heterocycles. The fraction of sp³-hybridized carbons (Fsp3) is 0.571. The van der Waals surface area contributed by atoms with Gasteiger partial charge in [-0.2, -0.15) is 0 Å². The number of nitrogens with zero attached hydrogens (tertiary/aromatic N) is 2. The maximum Gasteiger partial charge on any atom is 0.181 e. The van der Waals surface area contributed by atoms with Crippen molar-refractivity contribution in [3.8, 4) is 0 Å². The molecule has 4 heteroatoms. The third-order valence-electron chi connectivity index (χ3n) is 1.93. The van der Waals surface area contributed by atoms with Crippen LogP contribution < -0.4 is 10.6 Å². The molecule has 0 aliphatic carbocycles. The fourth-order valence-corrected chi connectivity index (χ4v) is 2.10. The average molecular weight is 169 g/mol. The Hall–Kier alpha value is -0.770. The summed E-state index contributed by atoms with van der Waals surface area (Å²) in [6.07, 6.45) is 4.47. The minimum atomic E-state index is 0.673. The summed E-state index contributed by atoms with van der Waals surface area (Å²) in [6.45, 7) is 2.34. The van der Waals surface area contributed by atoms with E-state index < -0.39 is 0 Å². The molecule has 1 fully saturated rings. The SMILES string of the molecule is Nc1ncc(N2CCCC2)s1. The molecule has 1 saturated heterocycles. The molecule has 0 unspecified atom stereocenters. The molecular weight excluding hydrogens is 158 g/mol. The van der Waals surface area contributed by atoms with Crippen LogP contribution in [0.5, 0.6) is 0 Å². The van der Waals surface area contributed by atoms with E-state index in [-0.39, 0.29) is 0 Å². The lowest BCUT2D eigenvalue weighted by Gasteiger charge is -2.12. The van der Waals surface area contributed by atoms with Crippen molar-refractivity contribution in [2.75, 3.05) is 23.7 Å². The van der Waals surface area contributed by atoms with E-state index in [2.05, 4.69) is 9.88 Å². The smallest absolute Gasteiger partial charge is 0.181 e. The van der Waals surface area contributed by atoms with Crippen LogP contribution in [0.3, 0.4) is 0 Å². The summed E-state index contributed by atoms with van der Waals surface area (Å²) in [7, 11) is 0. The summed E-state index contributed by atoms with van der Waals surface area (Å²) in [6, 6.07) is 0. The zero-order valence-electron chi connectivity index (χ0n) is 6.29. The van der Waals surface area contributed by atoms with Gasteiger partial charge in [0.05, 0.1) is 6.20 Å². The van der Waals surface area contributed by atoms with Crippen molar-refractivity contribution < 1.29 is 0 Å². The van der Waals surface area contributed by atoms with Crippen molar-refractivity contribution in [2.24, 2.45) is 0 Å². The first kappa shape index (κ1) is 6.91. The van der Waals surface area contributed by atoms with Gasteiger partial charge in [0, 0.05) is 13.1 Å². The first-order valence-electron chi connectivity index (χ1n) is 3.82. The van der Waals surface area contributed by atoms with E-state index >= 15 is 0 Å². The molecule has 2 rings (SSSR count). The predicted molar refractivity (Wildman–Crippen MR) is 48.0 cm³/mol. The molecule has 0 spiro atoms. The number of rotatable bonds is 1. The van der Waals surface area contributed by atoms with Crippen LogP contribution in [0.4, 0.5) is 10.1 Å². The average Bonchev–Trinajstić information content (AvgIpc) is 2.55. The van der Waals surface area contributed by atoms with Crippen molar-refractivity contribution in [2.45, 2.75) is 12.8 Å². The maximum atomic E-state index is 5.53. The van der Waals surface area contributed by atoms with Crippen molar-refractivity contribution in [1.29, 1.82) is 0 Å². The van der Waals surface area contributed by atoms with Gasteiger partial charge in [0.2, 0.25) is 0 Å². The third-order valence-corrected chi connectivity index (χ3v) is 2.82. The number of hydrogen-bond donors (Lipinski definition) is 1. The number of aromatic nitrogens is 1. The summed E-state index contributed by atoms with van der Waals surface area (Å²) < 4.78 is 0. The van der Waals surface area contributed by atoms with Gasteiger partial charge in [-0.15, -0.1) is 0 Å². The molecule has 1 aliphatic heterocycles. The van der Waals surface area contributed by atoms with E-state index in [4.69, 9.17) is 5.73 Å².